The average molecular weight is 317 g/mol. The Hall–Kier alpha value is -2.27. The summed E-state index contributed by atoms with van der Waals surface area (Å²) in [5.74, 6) is 1.10. The zero-order valence-electron chi connectivity index (χ0n) is 13.3. The number of hydrogen-bond donors (Lipinski definition) is 2. The molecular weight excluding hydrogens is 294 g/mol. The third-order valence-electron chi connectivity index (χ3n) is 3.46. The zero-order chi connectivity index (χ0) is 16.5. The van der Waals surface area contributed by atoms with Crippen LogP contribution in [0.25, 0.3) is 0 Å². The summed E-state index contributed by atoms with van der Waals surface area (Å²) in [6.07, 6.45) is 3.31. The van der Waals surface area contributed by atoms with Gasteiger partial charge >= 0.3 is 0 Å². The van der Waals surface area contributed by atoms with Gasteiger partial charge in [-0.1, -0.05) is 13.3 Å². The van der Waals surface area contributed by atoms with Crippen molar-refractivity contribution in [3.63, 3.8) is 0 Å². The van der Waals surface area contributed by atoms with E-state index in [2.05, 4.69) is 12.2 Å². The topological polar surface area (TPSA) is 71.7 Å². The first-order valence-corrected chi connectivity index (χ1v) is 7.93. The molecule has 0 aliphatic rings. The fourth-order valence-electron chi connectivity index (χ4n) is 2.08. The molecule has 0 aliphatic heterocycles. The van der Waals surface area contributed by atoms with Gasteiger partial charge in [-0.3, -0.25) is 4.79 Å². The molecule has 0 saturated carbocycles. The van der Waals surface area contributed by atoms with Crippen LogP contribution in [0.15, 0.2) is 47.1 Å². The molecule has 1 amide bonds. The van der Waals surface area contributed by atoms with Crippen molar-refractivity contribution in [1.82, 2.24) is 5.32 Å². The highest BCUT2D eigenvalue weighted by Gasteiger charge is 2.11. The first kappa shape index (κ1) is 17.1. The van der Waals surface area contributed by atoms with Gasteiger partial charge in [0.15, 0.2) is 0 Å². The lowest BCUT2D eigenvalue weighted by Gasteiger charge is -2.10. The lowest BCUT2D eigenvalue weighted by atomic mass is 10.2. The quantitative estimate of drug-likeness (QED) is 0.696. The van der Waals surface area contributed by atoms with Crippen molar-refractivity contribution < 1.29 is 19.1 Å². The standard InChI is InChI=1S/C18H23NO4/c1-2-3-12-22-15-8-6-14(7-9-15)18(21)19-11-10-16(20)17-5-4-13-23-17/h4-9,13,16,20H,2-3,10-12H2,1H3,(H,19,21). The van der Waals surface area contributed by atoms with E-state index < -0.39 is 6.10 Å². The Morgan fingerprint density at radius 1 is 1.30 bits per heavy atom. The van der Waals surface area contributed by atoms with Gasteiger partial charge < -0.3 is 19.6 Å². The summed E-state index contributed by atoms with van der Waals surface area (Å²) < 4.78 is 10.7. The first-order valence-electron chi connectivity index (χ1n) is 7.93. The molecule has 1 aromatic heterocycles. The molecule has 23 heavy (non-hydrogen) atoms. The maximum absolute atomic E-state index is 12.0. The predicted octanol–water partition coefficient (Wildman–Crippen LogP) is 3.31. The van der Waals surface area contributed by atoms with Crippen molar-refractivity contribution in [3.8, 4) is 5.75 Å². The van der Waals surface area contributed by atoms with E-state index in [0.717, 1.165) is 18.6 Å². The van der Waals surface area contributed by atoms with Crippen LogP contribution in [0.3, 0.4) is 0 Å². The lowest BCUT2D eigenvalue weighted by Crippen LogP contribution is -2.25. The molecule has 0 aliphatic carbocycles. The van der Waals surface area contributed by atoms with Crippen LogP contribution in [-0.2, 0) is 0 Å². The number of furan rings is 1. The molecule has 0 radical (unpaired) electrons. The molecule has 1 heterocycles. The predicted molar refractivity (Wildman–Crippen MR) is 87.5 cm³/mol. The number of rotatable bonds is 9. The highest BCUT2D eigenvalue weighted by Crippen LogP contribution is 2.16. The normalized spacial score (nSPS) is 11.9. The largest absolute Gasteiger partial charge is 0.494 e. The fourth-order valence-corrected chi connectivity index (χ4v) is 2.08. The molecule has 0 bridgehead atoms. The molecule has 5 nitrogen and oxygen atoms in total. The van der Waals surface area contributed by atoms with Crippen LogP contribution in [0.5, 0.6) is 5.75 Å². The van der Waals surface area contributed by atoms with Gasteiger partial charge in [0.25, 0.3) is 5.91 Å². The number of carbonyl (C=O) groups excluding carboxylic acids is 1. The first-order chi connectivity index (χ1) is 11.2. The molecule has 0 saturated heterocycles. The van der Waals surface area contributed by atoms with E-state index in [-0.39, 0.29) is 5.91 Å². The molecule has 0 fully saturated rings. The SMILES string of the molecule is CCCCOc1ccc(C(=O)NCCC(O)c2ccco2)cc1. The van der Waals surface area contributed by atoms with E-state index in [1.165, 1.54) is 6.26 Å². The third-order valence-corrected chi connectivity index (χ3v) is 3.46. The lowest BCUT2D eigenvalue weighted by molar-refractivity contribution is 0.0936. The van der Waals surface area contributed by atoms with Crippen LogP contribution in [0.1, 0.15) is 48.4 Å². The van der Waals surface area contributed by atoms with Crippen molar-refractivity contribution in [2.24, 2.45) is 0 Å². The van der Waals surface area contributed by atoms with Crippen molar-refractivity contribution in [3.05, 3.63) is 54.0 Å². The van der Waals surface area contributed by atoms with Gasteiger partial charge in [-0.05, 0) is 49.2 Å². The number of carbonyl (C=O) groups is 1. The molecule has 124 valence electrons. The van der Waals surface area contributed by atoms with E-state index in [0.29, 0.717) is 30.9 Å². The minimum absolute atomic E-state index is 0.170. The smallest absolute Gasteiger partial charge is 0.251 e. The number of aliphatic hydroxyl groups is 1. The van der Waals surface area contributed by atoms with Gasteiger partial charge in [0, 0.05) is 12.1 Å². The van der Waals surface area contributed by atoms with Gasteiger partial charge in [-0.2, -0.15) is 0 Å². The molecule has 1 atom stereocenters. The van der Waals surface area contributed by atoms with Gasteiger partial charge in [-0.15, -0.1) is 0 Å². The van der Waals surface area contributed by atoms with E-state index in [1.807, 2.05) is 0 Å². The number of aliphatic hydroxyl groups excluding tert-OH is 1. The monoisotopic (exact) mass is 317 g/mol. The van der Waals surface area contributed by atoms with Crippen molar-refractivity contribution in [1.29, 1.82) is 0 Å². The van der Waals surface area contributed by atoms with Gasteiger partial charge in [0.05, 0.1) is 12.9 Å². The van der Waals surface area contributed by atoms with Crippen LogP contribution in [-0.4, -0.2) is 24.2 Å². The second kappa shape index (κ2) is 9.00. The number of ether oxygens (including phenoxy) is 1. The second-order valence-electron chi connectivity index (χ2n) is 5.30. The van der Waals surface area contributed by atoms with Crippen molar-refractivity contribution >= 4 is 5.91 Å². The van der Waals surface area contributed by atoms with Gasteiger partial charge in [0.2, 0.25) is 0 Å². The zero-order valence-corrected chi connectivity index (χ0v) is 13.3. The highest BCUT2D eigenvalue weighted by molar-refractivity contribution is 5.94. The van der Waals surface area contributed by atoms with E-state index in [9.17, 15) is 9.90 Å². The van der Waals surface area contributed by atoms with Gasteiger partial charge in [0.1, 0.15) is 17.6 Å². The van der Waals surface area contributed by atoms with E-state index in [4.69, 9.17) is 9.15 Å². The Labute approximate surface area is 136 Å². The minimum Gasteiger partial charge on any atom is -0.494 e. The summed E-state index contributed by atoms with van der Waals surface area (Å²) in [6, 6.07) is 10.5. The molecule has 2 rings (SSSR count). The summed E-state index contributed by atoms with van der Waals surface area (Å²) in [5, 5.41) is 12.7. The highest BCUT2D eigenvalue weighted by atomic mass is 16.5. The van der Waals surface area contributed by atoms with Gasteiger partial charge in [-0.25, -0.2) is 0 Å². The Morgan fingerprint density at radius 2 is 2.09 bits per heavy atom. The minimum atomic E-state index is -0.709. The summed E-state index contributed by atoms with van der Waals surface area (Å²) in [6.45, 7) is 3.17. The number of nitrogens with one attached hydrogen (secondary N) is 1. The Balaban J connectivity index is 1.74. The van der Waals surface area contributed by atoms with Crippen LogP contribution < -0.4 is 10.1 Å². The Bertz CT molecular complexity index is 578. The molecule has 2 N–H and O–H groups in total. The molecule has 5 heteroatoms. The van der Waals surface area contributed by atoms with E-state index in [1.54, 1.807) is 36.4 Å². The number of benzene rings is 1. The van der Waals surface area contributed by atoms with Crippen LogP contribution in [0.2, 0.25) is 0 Å². The fraction of sp³-hybridized carbons (Fsp3) is 0.389. The second-order valence-corrected chi connectivity index (χ2v) is 5.30. The van der Waals surface area contributed by atoms with Crippen LogP contribution in [0, 0.1) is 0 Å². The number of unbranched alkanes of at least 4 members (excludes halogenated alkanes) is 1. The Kier molecular flexibility index (Phi) is 6.69. The van der Waals surface area contributed by atoms with Crippen LogP contribution >= 0.6 is 0 Å². The molecule has 1 aromatic carbocycles. The summed E-state index contributed by atoms with van der Waals surface area (Å²) in [7, 11) is 0. The molecular formula is C18H23NO4. The summed E-state index contributed by atoms with van der Waals surface area (Å²) >= 11 is 0. The number of amides is 1. The molecule has 2 aromatic rings. The van der Waals surface area contributed by atoms with Crippen molar-refractivity contribution in [2.75, 3.05) is 13.2 Å². The van der Waals surface area contributed by atoms with Crippen molar-refractivity contribution in [2.45, 2.75) is 32.3 Å². The maximum Gasteiger partial charge on any atom is 0.251 e. The molecule has 0 spiro atoms. The Morgan fingerprint density at radius 3 is 2.74 bits per heavy atom. The third kappa shape index (κ3) is 5.45. The van der Waals surface area contributed by atoms with Crippen LogP contribution in [0.4, 0.5) is 0 Å². The molecule has 1 unspecified atom stereocenters. The summed E-state index contributed by atoms with van der Waals surface area (Å²) in [4.78, 5) is 12.0. The summed E-state index contributed by atoms with van der Waals surface area (Å²) in [5.41, 5.74) is 0.570. The maximum atomic E-state index is 12.0. The number of hydrogen-bond acceptors (Lipinski definition) is 4. The average Bonchev–Trinajstić information content (AvgIpc) is 3.10. The van der Waals surface area contributed by atoms with E-state index >= 15 is 0 Å².